The third-order valence-corrected chi connectivity index (χ3v) is 5.83. The van der Waals surface area contributed by atoms with Gasteiger partial charge in [-0.3, -0.25) is 9.59 Å². The highest BCUT2D eigenvalue weighted by molar-refractivity contribution is 5.92. The van der Waals surface area contributed by atoms with Crippen LogP contribution in [0.1, 0.15) is 43.1 Å². The molecule has 0 saturated heterocycles. The zero-order chi connectivity index (χ0) is 17.4. The Morgan fingerprint density at radius 3 is 2.64 bits per heavy atom. The van der Waals surface area contributed by atoms with Gasteiger partial charge in [-0.15, -0.1) is 0 Å². The van der Waals surface area contributed by atoms with Gasteiger partial charge >= 0.3 is 0 Å². The summed E-state index contributed by atoms with van der Waals surface area (Å²) in [4.78, 5) is 24.7. The molecule has 1 N–H and O–H groups in total. The van der Waals surface area contributed by atoms with Gasteiger partial charge in [0.1, 0.15) is 5.69 Å². The molecule has 2 fully saturated rings. The number of aromatic nitrogens is 2. The van der Waals surface area contributed by atoms with Crippen LogP contribution in [0.25, 0.3) is 5.69 Å². The molecule has 0 radical (unpaired) electrons. The highest BCUT2D eigenvalue weighted by atomic mass is 16.2. The first-order valence-electron chi connectivity index (χ1n) is 9.08. The number of nitrogens with zero attached hydrogens (tertiary/aromatic N) is 2. The molecule has 5 nitrogen and oxygen atoms in total. The highest BCUT2D eigenvalue weighted by Crippen LogP contribution is 2.49. The first-order chi connectivity index (χ1) is 12.1. The first-order valence-corrected chi connectivity index (χ1v) is 9.08. The molecule has 4 atom stereocenters. The zero-order valence-electron chi connectivity index (χ0n) is 14.4. The Morgan fingerprint density at radius 2 is 1.96 bits per heavy atom. The predicted octanol–water partition coefficient (Wildman–Crippen LogP) is 2.79. The van der Waals surface area contributed by atoms with E-state index in [-0.39, 0.29) is 23.2 Å². The molecule has 2 saturated carbocycles. The van der Waals surface area contributed by atoms with Gasteiger partial charge in [0, 0.05) is 12.1 Å². The molecule has 4 unspecified atom stereocenters. The fourth-order valence-electron chi connectivity index (χ4n) is 4.58. The summed E-state index contributed by atoms with van der Waals surface area (Å²) in [6.45, 7) is 2.09. The fraction of sp³-hybridized carbons (Fsp3) is 0.450. The van der Waals surface area contributed by atoms with Crippen LogP contribution in [0.3, 0.4) is 0 Å². The standard InChI is InChI=1S/C20H23N3O2/c1-13(17-12-14-7-8-15(17)11-14)21-20(25)18-9-10-19(24)23(22-18)16-5-3-2-4-6-16/h2-6,9-10,13-15,17H,7-8,11-12H2,1H3,(H,21,25). The van der Waals surface area contributed by atoms with E-state index in [1.807, 2.05) is 18.2 Å². The number of hydrogen-bond donors (Lipinski definition) is 1. The topological polar surface area (TPSA) is 64.0 Å². The Labute approximate surface area is 147 Å². The highest BCUT2D eigenvalue weighted by Gasteiger charge is 2.42. The lowest BCUT2D eigenvalue weighted by Gasteiger charge is -2.28. The normalized spacial score (nSPS) is 25.7. The molecule has 1 amide bonds. The van der Waals surface area contributed by atoms with E-state index in [1.54, 1.807) is 12.1 Å². The summed E-state index contributed by atoms with van der Waals surface area (Å²) in [7, 11) is 0. The Morgan fingerprint density at radius 1 is 1.16 bits per heavy atom. The van der Waals surface area contributed by atoms with Crippen LogP contribution in [0.2, 0.25) is 0 Å². The maximum atomic E-state index is 12.6. The number of para-hydroxylation sites is 1. The number of amides is 1. The molecule has 0 spiro atoms. The smallest absolute Gasteiger partial charge is 0.271 e. The average molecular weight is 337 g/mol. The van der Waals surface area contributed by atoms with Gasteiger partial charge in [-0.1, -0.05) is 24.6 Å². The summed E-state index contributed by atoms with van der Waals surface area (Å²) in [5.41, 5.74) is 0.686. The van der Waals surface area contributed by atoms with E-state index in [2.05, 4.69) is 17.3 Å². The molecule has 1 aromatic carbocycles. The minimum atomic E-state index is -0.246. The van der Waals surface area contributed by atoms with Crippen LogP contribution in [0.5, 0.6) is 0 Å². The SMILES string of the molecule is CC(NC(=O)c1ccc(=O)n(-c2ccccc2)n1)C1CC2CCC1C2. The minimum Gasteiger partial charge on any atom is -0.348 e. The Bertz CT molecular complexity index is 830. The van der Waals surface area contributed by atoms with Crippen molar-refractivity contribution in [1.29, 1.82) is 0 Å². The number of carbonyl (C=O) groups is 1. The van der Waals surface area contributed by atoms with Gasteiger partial charge in [0.15, 0.2) is 0 Å². The van der Waals surface area contributed by atoms with E-state index >= 15 is 0 Å². The van der Waals surface area contributed by atoms with Crippen molar-refractivity contribution in [2.75, 3.05) is 0 Å². The van der Waals surface area contributed by atoms with Crippen LogP contribution in [0, 0.1) is 17.8 Å². The molecule has 0 aliphatic heterocycles. The van der Waals surface area contributed by atoms with Gasteiger partial charge < -0.3 is 5.32 Å². The summed E-state index contributed by atoms with van der Waals surface area (Å²) in [6.07, 6.45) is 5.20. The molecule has 2 aromatic rings. The average Bonchev–Trinajstić information content (AvgIpc) is 3.26. The summed E-state index contributed by atoms with van der Waals surface area (Å²) in [6, 6.07) is 12.2. The van der Waals surface area contributed by atoms with E-state index < -0.39 is 0 Å². The molecular formula is C20H23N3O2. The van der Waals surface area contributed by atoms with E-state index in [1.165, 1.54) is 42.5 Å². The second kappa shape index (κ2) is 6.47. The Hall–Kier alpha value is -2.43. The Balaban J connectivity index is 1.51. The van der Waals surface area contributed by atoms with Crippen LogP contribution >= 0.6 is 0 Å². The van der Waals surface area contributed by atoms with Crippen molar-refractivity contribution in [3.8, 4) is 5.69 Å². The van der Waals surface area contributed by atoms with Crippen LogP contribution in [-0.4, -0.2) is 21.7 Å². The van der Waals surface area contributed by atoms with E-state index in [0.717, 1.165) is 11.8 Å². The van der Waals surface area contributed by atoms with Crippen molar-refractivity contribution in [2.45, 2.75) is 38.6 Å². The molecule has 1 heterocycles. The molecule has 2 aliphatic carbocycles. The molecule has 5 heteroatoms. The largest absolute Gasteiger partial charge is 0.348 e. The number of hydrogen-bond acceptors (Lipinski definition) is 3. The summed E-state index contributed by atoms with van der Waals surface area (Å²) in [5, 5.41) is 7.37. The van der Waals surface area contributed by atoms with Crippen LogP contribution in [-0.2, 0) is 0 Å². The van der Waals surface area contributed by atoms with Crippen LogP contribution in [0.4, 0.5) is 0 Å². The summed E-state index contributed by atoms with van der Waals surface area (Å²) in [5.74, 6) is 1.97. The lowest BCUT2D eigenvalue weighted by molar-refractivity contribution is 0.0908. The number of benzene rings is 1. The van der Waals surface area contributed by atoms with Gasteiger partial charge in [-0.05, 0) is 62.1 Å². The predicted molar refractivity (Wildman–Crippen MR) is 95.7 cm³/mol. The number of fused-ring (bicyclic) bond motifs is 2. The van der Waals surface area contributed by atoms with Gasteiger partial charge in [0.25, 0.3) is 11.5 Å². The van der Waals surface area contributed by atoms with Gasteiger partial charge in [-0.2, -0.15) is 9.78 Å². The third-order valence-electron chi connectivity index (χ3n) is 5.83. The quantitative estimate of drug-likeness (QED) is 0.933. The van der Waals surface area contributed by atoms with E-state index in [4.69, 9.17) is 0 Å². The third kappa shape index (κ3) is 3.11. The van der Waals surface area contributed by atoms with Crippen molar-refractivity contribution < 1.29 is 4.79 Å². The Kier molecular flexibility index (Phi) is 4.15. The van der Waals surface area contributed by atoms with Gasteiger partial charge in [-0.25, -0.2) is 0 Å². The molecule has 1 aromatic heterocycles. The van der Waals surface area contributed by atoms with Crippen molar-refractivity contribution in [1.82, 2.24) is 15.1 Å². The number of nitrogens with one attached hydrogen (secondary N) is 1. The second-order valence-electron chi connectivity index (χ2n) is 7.41. The zero-order valence-corrected chi connectivity index (χ0v) is 14.4. The lowest BCUT2D eigenvalue weighted by atomic mass is 9.84. The summed E-state index contributed by atoms with van der Waals surface area (Å²) >= 11 is 0. The van der Waals surface area contributed by atoms with Crippen molar-refractivity contribution in [3.63, 3.8) is 0 Å². The maximum absolute atomic E-state index is 12.6. The number of carbonyl (C=O) groups excluding carboxylic acids is 1. The van der Waals surface area contributed by atoms with Gasteiger partial charge in [0.2, 0.25) is 0 Å². The monoisotopic (exact) mass is 337 g/mol. The summed E-state index contributed by atoms with van der Waals surface area (Å²) < 4.78 is 1.27. The first kappa shape index (κ1) is 16.1. The van der Waals surface area contributed by atoms with Gasteiger partial charge in [0.05, 0.1) is 5.69 Å². The molecule has 2 aliphatic rings. The molecule has 2 bridgehead atoms. The van der Waals surface area contributed by atoms with Crippen molar-refractivity contribution >= 4 is 5.91 Å². The number of rotatable bonds is 4. The fourth-order valence-corrected chi connectivity index (χ4v) is 4.58. The molecule has 4 rings (SSSR count). The van der Waals surface area contributed by atoms with Crippen molar-refractivity contribution in [3.05, 3.63) is 58.5 Å². The van der Waals surface area contributed by atoms with E-state index in [0.29, 0.717) is 11.6 Å². The van der Waals surface area contributed by atoms with Crippen molar-refractivity contribution in [2.24, 2.45) is 17.8 Å². The minimum absolute atomic E-state index is 0.140. The molecular weight excluding hydrogens is 314 g/mol. The van der Waals surface area contributed by atoms with E-state index in [9.17, 15) is 9.59 Å². The molecule has 130 valence electrons. The lowest BCUT2D eigenvalue weighted by Crippen LogP contribution is -2.41. The molecule has 25 heavy (non-hydrogen) atoms. The maximum Gasteiger partial charge on any atom is 0.271 e. The second-order valence-corrected chi connectivity index (χ2v) is 7.41. The van der Waals surface area contributed by atoms with Crippen LogP contribution < -0.4 is 10.9 Å². The van der Waals surface area contributed by atoms with Crippen LogP contribution in [0.15, 0.2) is 47.3 Å².